The molecule has 3 N–H and O–H groups in total. The predicted molar refractivity (Wildman–Crippen MR) is 43.6 cm³/mol. The summed E-state index contributed by atoms with van der Waals surface area (Å²) < 4.78 is 0. The summed E-state index contributed by atoms with van der Waals surface area (Å²) in [6.45, 7) is 1.99. The Morgan fingerprint density at radius 2 is 2.50 bits per heavy atom. The third kappa shape index (κ3) is 2.98. The van der Waals surface area contributed by atoms with Crippen molar-refractivity contribution in [3.63, 3.8) is 0 Å². The number of nitrogens with two attached hydrogens (primary N) is 1. The molecule has 0 aliphatic carbocycles. The average Bonchev–Trinajstić information content (AvgIpc) is 1.99. The van der Waals surface area contributed by atoms with Crippen LogP contribution in [-0.2, 0) is 0 Å². The highest BCUT2D eigenvalue weighted by atomic mass is 15.1. The van der Waals surface area contributed by atoms with Gasteiger partial charge in [-0.3, -0.25) is 4.99 Å². The van der Waals surface area contributed by atoms with E-state index in [4.69, 9.17) is 12.2 Å². The third-order valence-corrected chi connectivity index (χ3v) is 1.17. The second kappa shape index (κ2) is 4.68. The molecule has 56 valence electrons. The first-order valence-electron chi connectivity index (χ1n) is 3.19. The molecule has 0 aliphatic rings. The fraction of sp³-hybridized carbons (Fsp3) is 0.571. The molecule has 0 aromatic heterocycles. The van der Waals surface area contributed by atoms with Gasteiger partial charge in [0.1, 0.15) is 0 Å². The average molecular weight is 139 g/mol. The largest absolute Gasteiger partial charge is 0.370 e. The quantitative estimate of drug-likeness (QED) is 0.320. The second-order valence-corrected chi connectivity index (χ2v) is 1.88. The summed E-state index contributed by atoms with van der Waals surface area (Å²) in [4.78, 5) is 3.71. The van der Waals surface area contributed by atoms with E-state index in [1.165, 1.54) is 0 Å². The molecule has 0 heterocycles. The van der Waals surface area contributed by atoms with Gasteiger partial charge in [0.25, 0.3) is 0 Å². The molecule has 10 heavy (non-hydrogen) atoms. The van der Waals surface area contributed by atoms with Crippen LogP contribution in [0.2, 0.25) is 0 Å². The van der Waals surface area contributed by atoms with Crippen molar-refractivity contribution in [1.82, 2.24) is 5.32 Å². The molecule has 0 fully saturated rings. The molecule has 1 atom stereocenters. The fourth-order valence-electron chi connectivity index (χ4n) is 0.505. The van der Waals surface area contributed by atoms with E-state index >= 15 is 0 Å². The van der Waals surface area contributed by atoms with Crippen molar-refractivity contribution < 1.29 is 0 Å². The van der Waals surface area contributed by atoms with Gasteiger partial charge in [0.2, 0.25) is 0 Å². The molecular formula is C7H13N3. The molecule has 0 saturated carbocycles. The number of nitrogens with zero attached hydrogens (tertiary/aromatic N) is 1. The minimum atomic E-state index is 0.00343. The summed E-state index contributed by atoms with van der Waals surface area (Å²) in [7, 11) is 1.62. The van der Waals surface area contributed by atoms with Gasteiger partial charge in [-0.05, 0) is 6.42 Å². The SMILES string of the molecule is C#CC(CC)NC(N)=NC. The van der Waals surface area contributed by atoms with E-state index in [0.29, 0.717) is 5.96 Å². The second-order valence-electron chi connectivity index (χ2n) is 1.88. The van der Waals surface area contributed by atoms with E-state index < -0.39 is 0 Å². The molecule has 0 saturated heterocycles. The Morgan fingerprint density at radius 3 is 2.80 bits per heavy atom. The zero-order valence-electron chi connectivity index (χ0n) is 6.39. The molecule has 1 unspecified atom stereocenters. The maximum atomic E-state index is 5.37. The number of hydrogen-bond acceptors (Lipinski definition) is 1. The van der Waals surface area contributed by atoms with Crippen LogP contribution >= 0.6 is 0 Å². The number of rotatable bonds is 2. The summed E-state index contributed by atoms with van der Waals surface area (Å²) in [5.41, 5.74) is 5.37. The third-order valence-electron chi connectivity index (χ3n) is 1.17. The number of nitrogens with one attached hydrogen (secondary N) is 1. The zero-order chi connectivity index (χ0) is 7.98. The normalized spacial score (nSPS) is 13.9. The highest BCUT2D eigenvalue weighted by molar-refractivity contribution is 5.78. The number of hydrogen-bond donors (Lipinski definition) is 2. The van der Waals surface area contributed by atoms with Crippen LogP contribution in [0.15, 0.2) is 4.99 Å². The molecule has 0 radical (unpaired) electrons. The standard InChI is InChI=1S/C7H13N3/c1-4-6(5-2)10-7(8)9-3/h1,6H,5H2,2-3H3,(H3,8,9,10). The summed E-state index contributed by atoms with van der Waals surface area (Å²) in [6, 6.07) is 0.00343. The Kier molecular flexibility index (Phi) is 4.14. The van der Waals surface area contributed by atoms with Gasteiger partial charge in [-0.15, -0.1) is 6.42 Å². The Balaban J connectivity index is 3.77. The predicted octanol–water partition coefficient (Wildman–Crippen LogP) is -0.0677. The van der Waals surface area contributed by atoms with Crippen LogP contribution in [-0.4, -0.2) is 19.0 Å². The molecule has 0 bridgehead atoms. The van der Waals surface area contributed by atoms with E-state index in [1.807, 2.05) is 6.92 Å². The van der Waals surface area contributed by atoms with E-state index in [1.54, 1.807) is 7.05 Å². The van der Waals surface area contributed by atoms with Gasteiger partial charge in [0, 0.05) is 7.05 Å². The Bertz CT molecular complexity index is 155. The van der Waals surface area contributed by atoms with E-state index in [9.17, 15) is 0 Å². The molecular weight excluding hydrogens is 126 g/mol. The fourth-order valence-corrected chi connectivity index (χ4v) is 0.505. The Labute approximate surface area is 61.7 Å². The molecule has 0 aromatic rings. The van der Waals surface area contributed by atoms with E-state index in [0.717, 1.165) is 6.42 Å². The van der Waals surface area contributed by atoms with E-state index in [2.05, 4.69) is 16.2 Å². The van der Waals surface area contributed by atoms with Gasteiger partial charge in [-0.25, -0.2) is 0 Å². The summed E-state index contributed by atoms with van der Waals surface area (Å²) >= 11 is 0. The molecule has 0 spiro atoms. The van der Waals surface area contributed by atoms with Gasteiger partial charge in [-0.1, -0.05) is 12.8 Å². The maximum Gasteiger partial charge on any atom is 0.189 e. The zero-order valence-corrected chi connectivity index (χ0v) is 6.39. The van der Waals surface area contributed by atoms with Gasteiger partial charge in [-0.2, -0.15) is 0 Å². The number of aliphatic imine (C=N–C) groups is 1. The smallest absolute Gasteiger partial charge is 0.189 e. The summed E-state index contributed by atoms with van der Waals surface area (Å²) in [5, 5.41) is 2.86. The Hall–Kier alpha value is -1.17. The summed E-state index contributed by atoms with van der Waals surface area (Å²) in [6.07, 6.45) is 6.02. The van der Waals surface area contributed by atoms with Crippen LogP contribution < -0.4 is 11.1 Å². The van der Waals surface area contributed by atoms with Gasteiger partial charge >= 0.3 is 0 Å². The molecule has 0 aromatic carbocycles. The van der Waals surface area contributed by atoms with Crippen LogP contribution in [0.4, 0.5) is 0 Å². The lowest BCUT2D eigenvalue weighted by atomic mass is 10.2. The molecule has 0 aliphatic heterocycles. The minimum absolute atomic E-state index is 0.00343. The Morgan fingerprint density at radius 1 is 1.90 bits per heavy atom. The molecule has 0 rings (SSSR count). The van der Waals surface area contributed by atoms with Crippen molar-refractivity contribution in [2.24, 2.45) is 10.7 Å². The lowest BCUT2D eigenvalue weighted by Crippen LogP contribution is -2.38. The van der Waals surface area contributed by atoms with Crippen molar-refractivity contribution in [1.29, 1.82) is 0 Å². The monoisotopic (exact) mass is 139 g/mol. The molecule has 3 heteroatoms. The minimum Gasteiger partial charge on any atom is -0.370 e. The topological polar surface area (TPSA) is 50.4 Å². The van der Waals surface area contributed by atoms with Crippen LogP contribution in [0.5, 0.6) is 0 Å². The highest BCUT2D eigenvalue weighted by Crippen LogP contribution is 1.85. The molecule has 0 amide bonds. The van der Waals surface area contributed by atoms with Crippen molar-refractivity contribution >= 4 is 5.96 Å². The van der Waals surface area contributed by atoms with Gasteiger partial charge in [0.05, 0.1) is 6.04 Å². The highest BCUT2D eigenvalue weighted by Gasteiger charge is 1.99. The van der Waals surface area contributed by atoms with Gasteiger partial charge < -0.3 is 11.1 Å². The lowest BCUT2D eigenvalue weighted by molar-refractivity contribution is 0.718. The van der Waals surface area contributed by atoms with Crippen molar-refractivity contribution in [3.05, 3.63) is 0 Å². The van der Waals surface area contributed by atoms with Crippen LogP contribution in [0.25, 0.3) is 0 Å². The van der Waals surface area contributed by atoms with Crippen molar-refractivity contribution in [3.8, 4) is 12.3 Å². The van der Waals surface area contributed by atoms with Gasteiger partial charge in [0.15, 0.2) is 5.96 Å². The van der Waals surface area contributed by atoms with Crippen molar-refractivity contribution in [2.75, 3.05) is 7.05 Å². The maximum absolute atomic E-state index is 5.37. The lowest BCUT2D eigenvalue weighted by Gasteiger charge is -2.09. The van der Waals surface area contributed by atoms with Crippen molar-refractivity contribution in [2.45, 2.75) is 19.4 Å². The number of terminal acetylenes is 1. The molecule has 3 nitrogen and oxygen atoms in total. The first-order chi connectivity index (χ1) is 4.74. The van der Waals surface area contributed by atoms with E-state index in [-0.39, 0.29) is 6.04 Å². The first kappa shape index (κ1) is 8.83. The number of guanidine groups is 1. The summed E-state index contributed by atoms with van der Waals surface area (Å²) in [5.74, 6) is 2.94. The first-order valence-corrected chi connectivity index (χ1v) is 3.19. The van der Waals surface area contributed by atoms with Crippen LogP contribution in [0.3, 0.4) is 0 Å². The van der Waals surface area contributed by atoms with Crippen LogP contribution in [0.1, 0.15) is 13.3 Å². The van der Waals surface area contributed by atoms with Crippen LogP contribution in [0, 0.1) is 12.3 Å².